The molecule has 1 amide bonds. The second-order valence-electron chi connectivity index (χ2n) is 4.82. The van der Waals surface area contributed by atoms with E-state index in [9.17, 15) is 4.79 Å². The second kappa shape index (κ2) is 6.94. The van der Waals surface area contributed by atoms with Crippen LogP contribution < -0.4 is 10.1 Å². The van der Waals surface area contributed by atoms with Crippen molar-refractivity contribution in [2.24, 2.45) is 0 Å². The highest BCUT2D eigenvalue weighted by Gasteiger charge is 2.28. The van der Waals surface area contributed by atoms with E-state index in [4.69, 9.17) is 4.74 Å². The lowest BCUT2D eigenvalue weighted by Gasteiger charge is -2.27. The molecule has 2 atom stereocenters. The van der Waals surface area contributed by atoms with Crippen LogP contribution in [0.15, 0.2) is 24.3 Å². The van der Waals surface area contributed by atoms with E-state index in [1.54, 1.807) is 0 Å². The molecule has 1 heterocycles. The van der Waals surface area contributed by atoms with Crippen molar-refractivity contribution >= 4 is 21.8 Å². The molecule has 0 spiro atoms. The molecule has 0 saturated heterocycles. The molecule has 19 heavy (non-hydrogen) atoms. The third-order valence-corrected chi connectivity index (χ3v) is 4.03. The molecule has 0 saturated carbocycles. The quantitative estimate of drug-likeness (QED) is 0.844. The number of halogens is 1. The molecule has 0 fully saturated rings. The van der Waals surface area contributed by atoms with Crippen LogP contribution in [0.5, 0.6) is 5.75 Å². The lowest BCUT2D eigenvalue weighted by molar-refractivity contribution is -0.124. The van der Waals surface area contributed by atoms with Crippen molar-refractivity contribution in [3.8, 4) is 5.75 Å². The van der Waals surface area contributed by atoms with Gasteiger partial charge in [-0.2, -0.15) is 0 Å². The molecular formula is C15H20BrNO2. The first-order chi connectivity index (χ1) is 9.26. The normalized spacial score (nSPS) is 19.2. The average molecular weight is 326 g/mol. The van der Waals surface area contributed by atoms with Crippen LogP contribution in [-0.2, 0) is 4.79 Å². The third kappa shape index (κ3) is 3.50. The SMILES string of the molecule is CCC(CCBr)NC(=O)C1CCOc2ccccc21. The zero-order valence-electron chi connectivity index (χ0n) is 11.2. The highest BCUT2D eigenvalue weighted by Crippen LogP contribution is 2.33. The van der Waals surface area contributed by atoms with Crippen molar-refractivity contribution in [2.75, 3.05) is 11.9 Å². The van der Waals surface area contributed by atoms with Gasteiger partial charge in [-0.1, -0.05) is 41.1 Å². The molecule has 1 aliphatic rings. The number of carbonyl (C=O) groups is 1. The van der Waals surface area contributed by atoms with Crippen LogP contribution in [0.1, 0.15) is 37.7 Å². The summed E-state index contributed by atoms with van der Waals surface area (Å²) in [5.74, 6) is 0.903. The summed E-state index contributed by atoms with van der Waals surface area (Å²) in [7, 11) is 0. The number of para-hydroxylation sites is 1. The van der Waals surface area contributed by atoms with Crippen molar-refractivity contribution in [3.63, 3.8) is 0 Å². The van der Waals surface area contributed by atoms with Gasteiger partial charge in [-0.15, -0.1) is 0 Å². The minimum atomic E-state index is -0.0747. The smallest absolute Gasteiger partial charge is 0.228 e. The number of carbonyl (C=O) groups excluding carboxylic acids is 1. The van der Waals surface area contributed by atoms with Crippen LogP contribution in [-0.4, -0.2) is 23.9 Å². The predicted octanol–water partition coefficient (Wildman–Crippen LogP) is 3.23. The standard InChI is InChI=1S/C15H20BrNO2/c1-2-11(7-9-16)17-15(18)13-8-10-19-14-6-4-3-5-12(13)14/h3-6,11,13H,2,7-10H2,1H3,(H,17,18). The summed E-state index contributed by atoms with van der Waals surface area (Å²) in [6.45, 7) is 2.72. The summed E-state index contributed by atoms with van der Waals surface area (Å²) in [6, 6.07) is 8.08. The van der Waals surface area contributed by atoms with Gasteiger partial charge in [-0.25, -0.2) is 0 Å². The largest absolute Gasteiger partial charge is 0.493 e. The van der Waals surface area contributed by atoms with E-state index in [1.165, 1.54) is 0 Å². The minimum Gasteiger partial charge on any atom is -0.493 e. The van der Waals surface area contributed by atoms with Crippen LogP contribution in [0.4, 0.5) is 0 Å². The average Bonchev–Trinajstić information content (AvgIpc) is 2.46. The molecule has 104 valence electrons. The van der Waals surface area contributed by atoms with Crippen LogP contribution in [0, 0.1) is 0 Å². The van der Waals surface area contributed by atoms with E-state index in [0.717, 1.165) is 35.9 Å². The Labute approximate surface area is 122 Å². The summed E-state index contributed by atoms with van der Waals surface area (Å²) in [4.78, 5) is 12.4. The van der Waals surface area contributed by atoms with Gasteiger partial charge in [0.2, 0.25) is 5.91 Å². The van der Waals surface area contributed by atoms with Gasteiger partial charge in [-0.3, -0.25) is 4.79 Å². The van der Waals surface area contributed by atoms with E-state index in [-0.39, 0.29) is 17.9 Å². The number of nitrogens with one attached hydrogen (secondary N) is 1. The molecule has 0 aromatic heterocycles. The zero-order valence-corrected chi connectivity index (χ0v) is 12.8. The van der Waals surface area contributed by atoms with Gasteiger partial charge in [0.1, 0.15) is 5.75 Å². The highest BCUT2D eigenvalue weighted by molar-refractivity contribution is 9.09. The third-order valence-electron chi connectivity index (χ3n) is 3.57. The number of fused-ring (bicyclic) bond motifs is 1. The molecular weight excluding hydrogens is 306 g/mol. The molecule has 0 radical (unpaired) electrons. The maximum atomic E-state index is 12.4. The van der Waals surface area contributed by atoms with Crippen molar-refractivity contribution < 1.29 is 9.53 Å². The van der Waals surface area contributed by atoms with E-state index >= 15 is 0 Å². The Balaban J connectivity index is 2.08. The molecule has 1 aliphatic heterocycles. The fourth-order valence-electron chi connectivity index (χ4n) is 2.43. The van der Waals surface area contributed by atoms with Crippen molar-refractivity contribution in [2.45, 2.75) is 38.1 Å². The van der Waals surface area contributed by atoms with Crippen molar-refractivity contribution in [1.29, 1.82) is 0 Å². The molecule has 1 aromatic rings. The van der Waals surface area contributed by atoms with Crippen LogP contribution >= 0.6 is 15.9 Å². The summed E-state index contributed by atoms with van der Waals surface area (Å²) >= 11 is 3.43. The first-order valence-electron chi connectivity index (χ1n) is 6.84. The highest BCUT2D eigenvalue weighted by atomic mass is 79.9. The number of hydrogen-bond acceptors (Lipinski definition) is 2. The Kier molecular flexibility index (Phi) is 5.25. The Morgan fingerprint density at radius 1 is 1.53 bits per heavy atom. The van der Waals surface area contributed by atoms with Gasteiger partial charge < -0.3 is 10.1 Å². The minimum absolute atomic E-state index is 0.0747. The summed E-state index contributed by atoms with van der Waals surface area (Å²) in [5.41, 5.74) is 1.01. The van der Waals surface area contributed by atoms with Gasteiger partial charge in [0.25, 0.3) is 0 Å². The summed E-state index contributed by atoms with van der Waals surface area (Å²) in [6.07, 6.45) is 2.68. The topological polar surface area (TPSA) is 38.3 Å². The van der Waals surface area contributed by atoms with Crippen LogP contribution in [0.25, 0.3) is 0 Å². The molecule has 2 unspecified atom stereocenters. The Morgan fingerprint density at radius 2 is 2.32 bits per heavy atom. The monoisotopic (exact) mass is 325 g/mol. The van der Waals surface area contributed by atoms with Gasteiger partial charge in [0.15, 0.2) is 0 Å². The number of hydrogen-bond donors (Lipinski definition) is 1. The van der Waals surface area contributed by atoms with E-state index in [1.807, 2.05) is 24.3 Å². The molecule has 0 bridgehead atoms. The van der Waals surface area contributed by atoms with Crippen LogP contribution in [0.3, 0.4) is 0 Å². The second-order valence-corrected chi connectivity index (χ2v) is 5.61. The number of ether oxygens (including phenoxy) is 1. The first-order valence-corrected chi connectivity index (χ1v) is 7.96. The van der Waals surface area contributed by atoms with Crippen LogP contribution in [0.2, 0.25) is 0 Å². The fourth-order valence-corrected chi connectivity index (χ4v) is 2.98. The molecule has 1 N–H and O–H groups in total. The number of alkyl halides is 1. The molecule has 2 rings (SSSR count). The van der Waals surface area contributed by atoms with E-state index in [0.29, 0.717) is 6.61 Å². The Bertz CT molecular complexity index is 436. The predicted molar refractivity (Wildman–Crippen MR) is 79.9 cm³/mol. The Morgan fingerprint density at radius 3 is 3.05 bits per heavy atom. The number of benzene rings is 1. The van der Waals surface area contributed by atoms with Gasteiger partial charge in [0.05, 0.1) is 12.5 Å². The van der Waals surface area contributed by atoms with Crippen molar-refractivity contribution in [3.05, 3.63) is 29.8 Å². The van der Waals surface area contributed by atoms with E-state index < -0.39 is 0 Å². The first kappa shape index (κ1) is 14.4. The van der Waals surface area contributed by atoms with Crippen molar-refractivity contribution in [1.82, 2.24) is 5.32 Å². The van der Waals surface area contributed by atoms with E-state index in [2.05, 4.69) is 28.2 Å². The Hall–Kier alpha value is -1.03. The summed E-state index contributed by atoms with van der Waals surface area (Å²) in [5, 5.41) is 4.07. The maximum absolute atomic E-state index is 12.4. The zero-order chi connectivity index (χ0) is 13.7. The molecule has 3 nitrogen and oxygen atoms in total. The molecule has 1 aromatic carbocycles. The van der Waals surface area contributed by atoms with Gasteiger partial charge in [-0.05, 0) is 25.3 Å². The van der Waals surface area contributed by atoms with Gasteiger partial charge in [0, 0.05) is 16.9 Å². The maximum Gasteiger partial charge on any atom is 0.228 e. The molecule has 0 aliphatic carbocycles. The number of amides is 1. The number of rotatable bonds is 5. The molecule has 4 heteroatoms. The lowest BCUT2D eigenvalue weighted by atomic mass is 9.92. The fraction of sp³-hybridized carbons (Fsp3) is 0.533. The lowest BCUT2D eigenvalue weighted by Crippen LogP contribution is -2.39. The van der Waals surface area contributed by atoms with Gasteiger partial charge >= 0.3 is 0 Å². The summed E-state index contributed by atoms with van der Waals surface area (Å²) < 4.78 is 5.60.